The van der Waals surface area contributed by atoms with Crippen molar-refractivity contribution in [3.63, 3.8) is 0 Å². The maximum absolute atomic E-state index is 13.1. The summed E-state index contributed by atoms with van der Waals surface area (Å²) in [5, 5.41) is 10.7. The van der Waals surface area contributed by atoms with E-state index < -0.39 is 41.8 Å². The molecule has 1 aromatic carbocycles. The lowest BCUT2D eigenvalue weighted by molar-refractivity contribution is -0.170. The van der Waals surface area contributed by atoms with E-state index in [4.69, 9.17) is 9.47 Å². The van der Waals surface area contributed by atoms with Crippen molar-refractivity contribution < 1.29 is 29.0 Å². The van der Waals surface area contributed by atoms with Gasteiger partial charge in [-0.1, -0.05) is 30.3 Å². The van der Waals surface area contributed by atoms with Crippen LogP contribution >= 0.6 is 0 Å². The maximum atomic E-state index is 13.1. The van der Waals surface area contributed by atoms with E-state index in [9.17, 15) is 19.5 Å². The third-order valence-corrected chi connectivity index (χ3v) is 4.57. The van der Waals surface area contributed by atoms with Crippen LogP contribution in [0.3, 0.4) is 0 Å². The number of hydrogen-bond donors (Lipinski definition) is 1. The number of nitrogens with zero attached hydrogens (tertiary/aromatic N) is 1. The monoisotopic (exact) mass is 349 g/mol. The second kappa shape index (κ2) is 7.65. The zero-order valence-corrected chi connectivity index (χ0v) is 14.6. The first kappa shape index (κ1) is 18.9. The largest absolute Gasteiger partial charge is 0.468 e. The number of aliphatic hydroxyl groups is 1. The second-order valence-corrected chi connectivity index (χ2v) is 6.05. The molecule has 7 nitrogen and oxygen atoms in total. The molecule has 1 amide bonds. The molecule has 0 radical (unpaired) electrons. The molecule has 0 unspecified atom stereocenters. The molecule has 3 atom stereocenters. The molecule has 2 rings (SSSR count). The molecule has 1 aromatic rings. The lowest BCUT2D eigenvalue weighted by Gasteiger charge is -2.26. The Labute approximate surface area is 146 Å². The number of aliphatic hydroxyl groups excluding tert-OH is 1. The zero-order chi connectivity index (χ0) is 18.6. The van der Waals surface area contributed by atoms with Crippen LogP contribution in [0.25, 0.3) is 0 Å². The number of hydrogen-bond acceptors (Lipinski definition) is 6. The quantitative estimate of drug-likeness (QED) is 0.606. The lowest BCUT2D eigenvalue weighted by atomic mass is 9.79. The standard InChI is InChI=1S/C18H23NO6/c1-4-25-14(20)10-18(17(23)24-3)15(21)12(2)19(16(18)22)11-13-8-6-5-7-9-13/h5-9,12,15,21H,4,10-11H2,1-3H3/t12-,15+,18-/m1/s1. The third kappa shape index (κ3) is 3.37. The summed E-state index contributed by atoms with van der Waals surface area (Å²) in [5.41, 5.74) is -1.12. The molecule has 0 spiro atoms. The predicted molar refractivity (Wildman–Crippen MR) is 88.2 cm³/mol. The maximum Gasteiger partial charge on any atom is 0.324 e. The van der Waals surface area contributed by atoms with Crippen LogP contribution in [0.5, 0.6) is 0 Å². The van der Waals surface area contributed by atoms with Gasteiger partial charge in [0, 0.05) is 6.54 Å². The van der Waals surface area contributed by atoms with E-state index in [1.165, 1.54) is 4.90 Å². The minimum absolute atomic E-state index is 0.115. The number of esters is 2. The molecule has 25 heavy (non-hydrogen) atoms. The molecule has 1 heterocycles. The number of ether oxygens (including phenoxy) is 2. The summed E-state index contributed by atoms with van der Waals surface area (Å²) in [6.45, 7) is 3.60. The van der Waals surface area contributed by atoms with E-state index in [1.54, 1.807) is 13.8 Å². The van der Waals surface area contributed by atoms with Gasteiger partial charge in [-0.3, -0.25) is 14.4 Å². The van der Waals surface area contributed by atoms with E-state index in [-0.39, 0.29) is 13.2 Å². The van der Waals surface area contributed by atoms with Crippen molar-refractivity contribution in [1.82, 2.24) is 4.90 Å². The fourth-order valence-corrected chi connectivity index (χ4v) is 3.23. The SMILES string of the molecule is CCOC(=O)C[C@]1(C(=O)OC)C(=O)N(Cc2ccccc2)[C@H](C)[C@@H]1O. The van der Waals surface area contributed by atoms with Gasteiger partial charge in [0.25, 0.3) is 0 Å². The zero-order valence-electron chi connectivity index (χ0n) is 14.6. The predicted octanol–water partition coefficient (Wildman–Crippen LogP) is 0.891. The van der Waals surface area contributed by atoms with Crippen molar-refractivity contribution in [1.29, 1.82) is 0 Å². The number of carbonyl (C=O) groups is 3. The first-order valence-corrected chi connectivity index (χ1v) is 8.15. The van der Waals surface area contributed by atoms with E-state index in [0.717, 1.165) is 12.7 Å². The first-order valence-electron chi connectivity index (χ1n) is 8.15. The normalized spacial score (nSPS) is 25.8. The molecule has 0 saturated carbocycles. The van der Waals surface area contributed by atoms with Gasteiger partial charge >= 0.3 is 11.9 Å². The molecule has 1 aliphatic rings. The van der Waals surface area contributed by atoms with Crippen molar-refractivity contribution >= 4 is 17.8 Å². The Hall–Kier alpha value is -2.41. The molecule has 1 aliphatic heterocycles. The molecule has 0 aliphatic carbocycles. The van der Waals surface area contributed by atoms with E-state index in [2.05, 4.69) is 0 Å². The van der Waals surface area contributed by atoms with Crippen molar-refractivity contribution in [2.75, 3.05) is 13.7 Å². The second-order valence-electron chi connectivity index (χ2n) is 6.05. The van der Waals surface area contributed by atoms with Crippen LogP contribution in [-0.2, 0) is 30.4 Å². The number of amides is 1. The Balaban J connectivity index is 2.37. The van der Waals surface area contributed by atoms with Gasteiger partial charge in [0.05, 0.1) is 32.3 Å². The summed E-state index contributed by atoms with van der Waals surface area (Å²) in [5.74, 6) is -2.29. The van der Waals surface area contributed by atoms with Gasteiger partial charge in [0.15, 0.2) is 5.41 Å². The Bertz CT molecular complexity index is 646. The van der Waals surface area contributed by atoms with Crippen molar-refractivity contribution in [3.05, 3.63) is 35.9 Å². The van der Waals surface area contributed by atoms with Crippen LogP contribution < -0.4 is 0 Å². The molecule has 0 bridgehead atoms. The molecule has 0 aromatic heterocycles. The number of methoxy groups -OCH3 is 1. The fourth-order valence-electron chi connectivity index (χ4n) is 3.23. The van der Waals surface area contributed by atoms with Gasteiger partial charge in [-0.2, -0.15) is 0 Å². The topological polar surface area (TPSA) is 93.1 Å². The summed E-state index contributed by atoms with van der Waals surface area (Å²) in [6, 6.07) is 8.56. The van der Waals surface area contributed by atoms with Crippen LogP contribution in [-0.4, -0.2) is 53.7 Å². The van der Waals surface area contributed by atoms with Crippen LogP contribution in [0.4, 0.5) is 0 Å². The highest BCUT2D eigenvalue weighted by atomic mass is 16.5. The highest BCUT2D eigenvalue weighted by Gasteiger charge is 2.64. The molecule has 136 valence electrons. The summed E-state index contributed by atoms with van der Waals surface area (Å²) < 4.78 is 9.63. The molecular weight excluding hydrogens is 326 g/mol. The average Bonchev–Trinajstić information content (AvgIpc) is 2.78. The minimum Gasteiger partial charge on any atom is -0.468 e. The Morgan fingerprint density at radius 2 is 1.92 bits per heavy atom. The van der Waals surface area contributed by atoms with Crippen LogP contribution in [0, 0.1) is 5.41 Å². The van der Waals surface area contributed by atoms with E-state index in [1.807, 2.05) is 30.3 Å². The summed E-state index contributed by atoms with van der Waals surface area (Å²) in [6.07, 6.45) is -1.93. The third-order valence-electron chi connectivity index (χ3n) is 4.57. The average molecular weight is 349 g/mol. The van der Waals surface area contributed by atoms with Gasteiger partial charge in [0.2, 0.25) is 5.91 Å². The van der Waals surface area contributed by atoms with Crippen molar-refractivity contribution in [3.8, 4) is 0 Å². The van der Waals surface area contributed by atoms with Crippen LogP contribution in [0.2, 0.25) is 0 Å². The minimum atomic E-state index is -1.98. The van der Waals surface area contributed by atoms with Gasteiger partial charge < -0.3 is 19.5 Å². The smallest absolute Gasteiger partial charge is 0.324 e. The number of likely N-dealkylation sites (tertiary alicyclic amines) is 1. The first-order chi connectivity index (χ1) is 11.9. The number of benzene rings is 1. The Morgan fingerprint density at radius 3 is 2.48 bits per heavy atom. The van der Waals surface area contributed by atoms with Gasteiger partial charge in [-0.15, -0.1) is 0 Å². The molecule has 1 N–H and O–H groups in total. The van der Waals surface area contributed by atoms with Crippen molar-refractivity contribution in [2.24, 2.45) is 5.41 Å². The lowest BCUT2D eigenvalue weighted by Crippen LogP contribution is -2.48. The van der Waals surface area contributed by atoms with Gasteiger partial charge in [0.1, 0.15) is 0 Å². The van der Waals surface area contributed by atoms with Crippen LogP contribution in [0.1, 0.15) is 25.8 Å². The van der Waals surface area contributed by atoms with E-state index >= 15 is 0 Å². The number of rotatable bonds is 6. The fraction of sp³-hybridized carbons (Fsp3) is 0.500. The molecule has 1 fully saturated rings. The molecule has 7 heteroatoms. The molecule has 1 saturated heterocycles. The number of carbonyl (C=O) groups excluding carboxylic acids is 3. The summed E-state index contributed by atoms with van der Waals surface area (Å²) >= 11 is 0. The van der Waals surface area contributed by atoms with Crippen LogP contribution in [0.15, 0.2) is 30.3 Å². The molecular formula is C18H23NO6. The van der Waals surface area contributed by atoms with Crippen molar-refractivity contribution in [2.45, 2.75) is 39.0 Å². The Morgan fingerprint density at radius 1 is 1.28 bits per heavy atom. The van der Waals surface area contributed by atoms with Gasteiger partial charge in [-0.05, 0) is 19.4 Å². The summed E-state index contributed by atoms with van der Waals surface area (Å²) in [4.78, 5) is 38.8. The summed E-state index contributed by atoms with van der Waals surface area (Å²) in [7, 11) is 1.12. The van der Waals surface area contributed by atoms with Gasteiger partial charge in [-0.25, -0.2) is 0 Å². The van der Waals surface area contributed by atoms with E-state index in [0.29, 0.717) is 0 Å². The highest BCUT2D eigenvalue weighted by molar-refractivity contribution is 6.08. The Kier molecular flexibility index (Phi) is 5.79. The highest BCUT2D eigenvalue weighted by Crippen LogP contribution is 2.41.